The van der Waals surface area contributed by atoms with Gasteiger partial charge in [-0.25, -0.2) is 0 Å². The largest absolute Gasteiger partial charge is 0.506 e. The zero-order chi connectivity index (χ0) is 28.0. The number of aromatic nitrogens is 2. The highest BCUT2D eigenvalue weighted by molar-refractivity contribution is 6.34. The Morgan fingerprint density at radius 1 is 0.842 bits per heavy atom. The van der Waals surface area contributed by atoms with Crippen LogP contribution in [-0.2, 0) is 26.0 Å². The molecule has 200 valence electrons. The third-order valence-corrected chi connectivity index (χ3v) is 6.39. The van der Waals surface area contributed by atoms with E-state index < -0.39 is 34.4 Å². The van der Waals surface area contributed by atoms with Gasteiger partial charge in [0.25, 0.3) is 0 Å². The summed E-state index contributed by atoms with van der Waals surface area (Å²) >= 11 is 18.0. The summed E-state index contributed by atoms with van der Waals surface area (Å²) in [6.07, 6.45) is -9.62. The van der Waals surface area contributed by atoms with Crippen LogP contribution in [0.2, 0.25) is 15.1 Å². The molecule has 0 fully saturated rings. The maximum Gasteiger partial charge on any atom is 0.435 e. The van der Waals surface area contributed by atoms with E-state index in [9.17, 15) is 31.4 Å². The van der Waals surface area contributed by atoms with Crippen molar-refractivity contribution in [3.05, 3.63) is 86.5 Å². The van der Waals surface area contributed by atoms with Crippen LogP contribution >= 0.6 is 34.8 Å². The molecule has 0 aliphatic carbocycles. The molecule has 0 atom stereocenters. The lowest BCUT2D eigenvalue weighted by Gasteiger charge is -2.19. The molecule has 0 bridgehead atoms. The van der Waals surface area contributed by atoms with E-state index in [1.807, 2.05) is 0 Å². The molecule has 0 saturated carbocycles. The predicted octanol–water partition coefficient (Wildman–Crippen LogP) is 9.04. The maximum absolute atomic E-state index is 13.6. The Labute approximate surface area is 226 Å². The summed E-state index contributed by atoms with van der Waals surface area (Å²) in [5.74, 6) is -0.837. The SMILES string of the molecule is Cn1nc(C(F)(F)F)cc1-c1c(Cl)cc(OCc2ccc(Cl)cc2)c(-c2ccc(Cl)c(C(F)(F)F)c2)c1O. The highest BCUT2D eigenvalue weighted by Gasteiger charge is 2.36. The standard InChI is InChI=1S/C25H15Cl3F6N2O2/c1-36-18(10-20(35-36)25(32,33)34)22-17(28)9-19(38-11-12-2-5-14(26)6-3-12)21(23(22)37)13-4-7-16(27)15(8-13)24(29,30)31/h2-10,37H,11H2,1H3. The molecule has 1 N–H and O–H groups in total. The zero-order valence-electron chi connectivity index (χ0n) is 19.1. The molecule has 1 heterocycles. The van der Waals surface area contributed by atoms with Gasteiger partial charge in [0.05, 0.1) is 32.4 Å². The number of hydrogen-bond acceptors (Lipinski definition) is 3. The number of phenols is 1. The maximum atomic E-state index is 13.6. The Hall–Kier alpha value is -3.08. The van der Waals surface area contributed by atoms with E-state index in [1.54, 1.807) is 24.3 Å². The third kappa shape index (κ3) is 5.67. The normalized spacial score (nSPS) is 12.2. The van der Waals surface area contributed by atoms with E-state index in [1.165, 1.54) is 19.2 Å². The quantitative estimate of drug-likeness (QED) is 0.234. The number of hydrogen-bond donors (Lipinski definition) is 1. The Bertz CT molecular complexity index is 1500. The van der Waals surface area contributed by atoms with Crippen LogP contribution in [0.15, 0.2) is 54.6 Å². The second-order valence-corrected chi connectivity index (χ2v) is 9.35. The highest BCUT2D eigenvalue weighted by Crippen LogP contribution is 2.50. The lowest BCUT2D eigenvalue weighted by molar-refractivity contribution is -0.141. The molecule has 0 amide bonds. The van der Waals surface area contributed by atoms with Crippen molar-refractivity contribution in [3.8, 4) is 33.9 Å². The van der Waals surface area contributed by atoms with Crippen LogP contribution in [0.3, 0.4) is 0 Å². The van der Waals surface area contributed by atoms with Gasteiger partial charge in [-0.1, -0.05) is 53.0 Å². The molecule has 1 aromatic heterocycles. The minimum Gasteiger partial charge on any atom is -0.506 e. The van der Waals surface area contributed by atoms with Gasteiger partial charge in [-0.2, -0.15) is 31.4 Å². The van der Waals surface area contributed by atoms with Gasteiger partial charge in [0.15, 0.2) is 5.69 Å². The molecular formula is C25H15Cl3F6N2O2. The first-order valence-electron chi connectivity index (χ1n) is 10.6. The van der Waals surface area contributed by atoms with Gasteiger partial charge in [-0.05, 0) is 41.5 Å². The van der Waals surface area contributed by atoms with Crippen LogP contribution in [0.25, 0.3) is 22.4 Å². The number of nitrogens with zero attached hydrogens (tertiary/aromatic N) is 2. The monoisotopic (exact) mass is 594 g/mol. The Morgan fingerprint density at radius 2 is 1.50 bits per heavy atom. The number of aryl methyl sites for hydroxylation is 1. The minimum absolute atomic E-state index is 0.0943. The van der Waals surface area contributed by atoms with Crippen LogP contribution in [0, 0.1) is 0 Å². The van der Waals surface area contributed by atoms with Crippen molar-refractivity contribution in [1.29, 1.82) is 0 Å². The van der Waals surface area contributed by atoms with Crippen molar-refractivity contribution in [1.82, 2.24) is 9.78 Å². The fourth-order valence-corrected chi connectivity index (χ4v) is 4.37. The second-order valence-electron chi connectivity index (χ2n) is 8.10. The summed E-state index contributed by atoms with van der Waals surface area (Å²) in [6, 6.07) is 11.3. The molecule has 4 rings (SSSR count). The van der Waals surface area contributed by atoms with E-state index in [2.05, 4.69) is 5.10 Å². The summed E-state index contributed by atoms with van der Waals surface area (Å²) in [7, 11) is 1.20. The van der Waals surface area contributed by atoms with E-state index >= 15 is 0 Å². The van der Waals surface area contributed by atoms with E-state index in [0.29, 0.717) is 22.7 Å². The van der Waals surface area contributed by atoms with Crippen molar-refractivity contribution in [2.24, 2.45) is 7.05 Å². The van der Waals surface area contributed by atoms with Gasteiger partial charge in [0.1, 0.15) is 18.1 Å². The summed E-state index contributed by atoms with van der Waals surface area (Å²) < 4.78 is 87.3. The first kappa shape index (κ1) is 27.9. The van der Waals surface area contributed by atoms with Crippen molar-refractivity contribution >= 4 is 34.8 Å². The first-order chi connectivity index (χ1) is 17.7. The van der Waals surface area contributed by atoms with Gasteiger partial charge in [0.2, 0.25) is 0 Å². The van der Waals surface area contributed by atoms with E-state index in [0.717, 1.165) is 10.7 Å². The van der Waals surface area contributed by atoms with Crippen molar-refractivity contribution in [3.63, 3.8) is 0 Å². The molecule has 3 aromatic carbocycles. The molecule has 0 spiro atoms. The molecular weight excluding hydrogens is 581 g/mol. The van der Waals surface area contributed by atoms with Gasteiger partial charge >= 0.3 is 12.4 Å². The number of ether oxygens (including phenoxy) is 1. The summed E-state index contributed by atoms with van der Waals surface area (Å²) in [4.78, 5) is 0. The first-order valence-corrected chi connectivity index (χ1v) is 11.7. The molecule has 0 saturated heterocycles. The number of aromatic hydroxyl groups is 1. The fourth-order valence-electron chi connectivity index (χ4n) is 3.73. The Kier molecular flexibility index (Phi) is 7.53. The van der Waals surface area contributed by atoms with E-state index in [4.69, 9.17) is 39.5 Å². The summed E-state index contributed by atoms with van der Waals surface area (Å²) in [6.45, 7) is -0.0943. The van der Waals surface area contributed by atoms with Gasteiger partial charge in [-0.3, -0.25) is 4.68 Å². The van der Waals surface area contributed by atoms with Crippen molar-refractivity contribution in [2.45, 2.75) is 19.0 Å². The van der Waals surface area contributed by atoms with Gasteiger partial charge in [-0.15, -0.1) is 0 Å². The van der Waals surface area contributed by atoms with Gasteiger partial charge in [0, 0.05) is 18.1 Å². The summed E-state index contributed by atoms with van der Waals surface area (Å²) in [5.41, 5.74) is -2.72. The van der Waals surface area contributed by atoms with Crippen LogP contribution < -0.4 is 4.74 Å². The predicted molar refractivity (Wildman–Crippen MR) is 132 cm³/mol. The van der Waals surface area contributed by atoms with E-state index in [-0.39, 0.29) is 39.8 Å². The molecule has 13 heteroatoms. The average Bonchev–Trinajstić information content (AvgIpc) is 3.20. The molecule has 38 heavy (non-hydrogen) atoms. The van der Waals surface area contributed by atoms with Crippen molar-refractivity contribution in [2.75, 3.05) is 0 Å². The van der Waals surface area contributed by atoms with Crippen LogP contribution in [-0.4, -0.2) is 14.9 Å². The summed E-state index contributed by atoms with van der Waals surface area (Å²) in [5, 5.41) is 14.4. The Balaban J connectivity index is 1.93. The molecule has 4 aromatic rings. The smallest absolute Gasteiger partial charge is 0.435 e. The van der Waals surface area contributed by atoms with Crippen LogP contribution in [0.1, 0.15) is 16.8 Å². The molecule has 4 nitrogen and oxygen atoms in total. The number of alkyl halides is 6. The second kappa shape index (κ2) is 10.2. The minimum atomic E-state index is -4.83. The van der Waals surface area contributed by atoms with Gasteiger partial charge < -0.3 is 9.84 Å². The lowest BCUT2D eigenvalue weighted by atomic mass is 9.96. The average molecular weight is 596 g/mol. The number of benzene rings is 3. The van der Waals surface area contributed by atoms with Crippen molar-refractivity contribution < 1.29 is 36.2 Å². The molecule has 0 aliphatic heterocycles. The zero-order valence-corrected chi connectivity index (χ0v) is 21.3. The highest BCUT2D eigenvalue weighted by atomic mass is 35.5. The van der Waals surface area contributed by atoms with Crippen LogP contribution in [0.5, 0.6) is 11.5 Å². The third-order valence-electron chi connectivity index (χ3n) is 5.51. The van der Waals surface area contributed by atoms with Crippen LogP contribution in [0.4, 0.5) is 26.3 Å². The molecule has 0 unspecified atom stereocenters. The number of halogens is 9. The number of phenolic OH excluding ortho intramolecular Hbond substituents is 1. The Morgan fingerprint density at radius 3 is 2.08 bits per heavy atom. The lowest BCUT2D eigenvalue weighted by Crippen LogP contribution is -2.06. The molecule has 0 aliphatic rings. The fraction of sp³-hybridized carbons (Fsp3) is 0.160. The number of rotatable bonds is 5. The molecule has 0 radical (unpaired) electrons. The topological polar surface area (TPSA) is 47.3 Å².